The third kappa shape index (κ3) is 2.96. The van der Waals surface area contributed by atoms with E-state index in [2.05, 4.69) is 4.98 Å². The molecule has 1 heterocycles. The monoisotopic (exact) mass is 303 g/mol. The summed E-state index contributed by atoms with van der Waals surface area (Å²) in [5.41, 5.74) is 5.30. The maximum atomic E-state index is 12.8. The predicted molar refractivity (Wildman–Crippen MR) is 70.8 cm³/mol. The van der Waals surface area contributed by atoms with Crippen LogP contribution in [-0.4, -0.2) is 9.55 Å². The van der Waals surface area contributed by atoms with Crippen molar-refractivity contribution in [3.05, 3.63) is 47.0 Å². The van der Waals surface area contributed by atoms with Crippen molar-refractivity contribution in [1.82, 2.24) is 9.55 Å². The Labute approximate surface area is 119 Å². The zero-order valence-electron chi connectivity index (χ0n) is 10.9. The molecule has 0 radical (unpaired) electrons. The lowest BCUT2D eigenvalue weighted by Gasteiger charge is -2.21. The molecule has 0 spiro atoms. The van der Waals surface area contributed by atoms with Crippen LogP contribution in [0.25, 0.3) is 5.69 Å². The van der Waals surface area contributed by atoms with Crippen molar-refractivity contribution in [2.24, 2.45) is 5.73 Å². The van der Waals surface area contributed by atoms with Crippen molar-refractivity contribution < 1.29 is 13.2 Å². The fourth-order valence-corrected chi connectivity index (χ4v) is 2.08. The van der Waals surface area contributed by atoms with Crippen LogP contribution in [0.4, 0.5) is 13.2 Å². The summed E-state index contributed by atoms with van der Waals surface area (Å²) in [6.07, 6.45) is -1.53. The van der Waals surface area contributed by atoms with Crippen molar-refractivity contribution in [2.45, 2.75) is 25.6 Å². The second-order valence-electron chi connectivity index (χ2n) is 5.07. The van der Waals surface area contributed by atoms with Crippen LogP contribution in [0.1, 0.15) is 25.1 Å². The van der Waals surface area contributed by atoms with Crippen LogP contribution in [0.5, 0.6) is 0 Å². The standard InChI is InChI=1S/C13H13ClF3N3/c1-12(2,18)11-6-19-7-20(11)10-4-8(13(15,16)17)3-9(14)5-10/h3-7H,18H2,1-2H3. The topological polar surface area (TPSA) is 43.8 Å². The molecule has 0 atom stereocenters. The van der Waals surface area contributed by atoms with E-state index in [1.54, 1.807) is 13.8 Å². The molecule has 0 amide bonds. The highest BCUT2D eigenvalue weighted by atomic mass is 35.5. The number of aromatic nitrogens is 2. The van der Waals surface area contributed by atoms with Crippen molar-refractivity contribution >= 4 is 11.6 Å². The number of imidazole rings is 1. The number of hydrogen-bond acceptors (Lipinski definition) is 2. The van der Waals surface area contributed by atoms with E-state index < -0.39 is 17.3 Å². The van der Waals surface area contributed by atoms with Crippen LogP contribution in [0.15, 0.2) is 30.7 Å². The fraction of sp³-hybridized carbons (Fsp3) is 0.308. The minimum Gasteiger partial charge on any atom is -0.321 e. The summed E-state index contributed by atoms with van der Waals surface area (Å²) in [7, 11) is 0. The molecule has 0 saturated heterocycles. The molecule has 0 saturated carbocycles. The highest BCUT2D eigenvalue weighted by molar-refractivity contribution is 6.30. The third-order valence-electron chi connectivity index (χ3n) is 2.79. The van der Waals surface area contributed by atoms with E-state index in [0.717, 1.165) is 12.1 Å². The zero-order chi connectivity index (χ0) is 15.1. The van der Waals surface area contributed by atoms with E-state index in [9.17, 15) is 13.2 Å². The molecule has 0 unspecified atom stereocenters. The molecule has 1 aromatic carbocycles. The van der Waals surface area contributed by atoms with Gasteiger partial charge in [-0.25, -0.2) is 4.98 Å². The highest BCUT2D eigenvalue weighted by Gasteiger charge is 2.31. The molecule has 7 heteroatoms. The highest BCUT2D eigenvalue weighted by Crippen LogP contribution is 2.33. The quantitative estimate of drug-likeness (QED) is 0.918. The normalized spacial score (nSPS) is 12.8. The van der Waals surface area contributed by atoms with Gasteiger partial charge in [0.25, 0.3) is 0 Å². The number of hydrogen-bond donors (Lipinski definition) is 1. The van der Waals surface area contributed by atoms with Gasteiger partial charge in [-0.2, -0.15) is 13.2 Å². The Morgan fingerprint density at radius 2 is 1.85 bits per heavy atom. The van der Waals surface area contributed by atoms with E-state index in [4.69, 9.17) is 17.3 Å². The number of halogens is 4. The number of rotatable bonds is 2. The van der Waals surface area contributed by atoms with Crippen LogP contribution in [0.2, 0.25) is 5.02 Å². The van der Waals surface area contributed by atoms with Crippen molar-refractivity contribution in [3.63, 3.8) is 0 Å². The molecule has 2 rings (SSSR count). The lowest BCUT2D eigenvalue weighted by molar-refractivity contribution is -0.137. The molecule has 0 fully saturated rings. The SMILES string of the molecule is CC(C)(N)c1cncn1-c1cc(Cl)cc(C(F)(F)F)c1. The van der Waals surface area contributed by atoms with Gasteiger partial charge in [0.05, 0.1) is 29.3 Å². The summed E-state index contributed by atoms with van der Waals surface area (Å²) in [5, 5.41) is 0.00398. The summed E-state index contributed by atoms with van der Waals surface area (Å²) in [4.78, 5) is 3.95. The summed E-state index contributed by atoms with van der Waals surface area (Å²) in [5.74, 6) is 0. The van der Waals surface area contributed by atoms with Crippen LogP contribution < -0.4 is 5.73 Å². The van der Waals surface area contributed by atoms with E-state index in [0.29, 0.717) is 5.69 Å². The van der Waals surface area contributed by atoms with E-state index in [-0.39, 0.29) is 10.7 Å². The lowest BCUT2D eigenvalue weighted by Crippen LogP contribution is -2.31. The number of nitrogens with two attached hydrogens (primary N) is 1. The molecule has 2 aromatic rings. The van der Waals surface area contributed by atoms with E-state index in [1.165, 1.54) is 23.2 Å². The molecule has 0 aliphatic rings. The van der Waals surface area contributed by atoms with E-state index in [1.807, 2.05) is 0 Å². The lowest BCUT2D eigenvalue weighted by atomic mass is 10.0. The molecule has 3 nitrogen and oxygen atoms in total. The molecular weight excluding hydrogens is 291 g/mol. The van der Waals surface area contributed by atoms with Crippen LogP contribution >= 0.6 is 11.6 Å². The predicted octanol–water partition coefficient (Wildman–Crippen LogP) is 3.74. The summed E-state index contributed by atoms with van der Waals surface area (Å²) in [6, 6.07) is 3.34. The van der Waals surface area contributed by atoms with Crippen LogP contribution in [0.3, 0.4) is 0 Å². The largest absolute Gasteiger partial charge is 0.416 e. The second-order valence-corrected chi connectivity index (χ2v) is 5.50. The molecular formula is C13H13ClF3N3. The van der Waals surface area contributed by atoms with Crippen LogP contribution in [0, 0.1) is 0 Å². The van der Waals surface area contributed by atoms with Crippen molar-refractivity contribution in [2.75, 3.05) is 0 Å². The minimum atomic E-state index is -4.46. The Morgan fingerprint density at radius 1 is 1.20 bits per heavy atom. The minimum absolute atomic E-state index is 0.00398. The number of nitrogens with zero attached hydrogens (tertiary/aromatic N) is 2. The molecule has 2 N–H and O–H groups in total. The molecule has 1 aromatic heterocycles. The molecule has 0 bridgehead atoms. The Balaban J connectivity index is 2.60. The average Bonchev–Trinajstić information content (AvgIpc) is 2.75. The molecule has 0 aliphatic carbocycles. The summed E-state index contributed by atoms with van der Waals surface area (Å²) < 4.78 is 39.9. The van der Waals surface area contributed by atoms with Gasteiger partial charge in [-0.15, -0.1) is 0 Å². The first-order valence-corrected chi connectivity index (χ1v) is 6.17. The van der Waals surface area contributed by atoms with Gasteiger partial charge in [-0.1, -0.05) is 11.6 Å². The summed E-state index contributed by atoms with van der Waals surface area (Å²) in [6.45, 7) is 3.49. The van der Waals surface area contributed by atoms with Gasteiger partial charge in [0.15, 0.2) is 0 Å². The van der Waals surface area contributed by atoms with Gasteiger partial charge >= 0.3 is 6.18 Å². The van der Waals surface area contributed by atoms with Gasteiger partial charge in [-0.05, 0) is 32.0 Å². The molecule has 108 valence electrons. The second kappa shape index (κ2) is 4.79. The third-order valence-corrected chi connectivity index (χ3v) is 3.00. The van der Waals surface area contributed by atoms with Gasteiger partial charge < -0.3 is 10.3 Å². The fourth-order valence-electron chi connectivity index (χ4n) is 1.85. The van der Waals surface area contributed by atoms with Gasteiger partial charge in [-0.3, -0.25) is 0 Å². The van der Waals surface area contributed by atoms with E-state index >= 15 is 0 Å². The number of benzene rings is 1. The average molecular weight is 304 g/mol. The summed E-state index contributed by atoms with van der Waals surface area (Å²) >= 11 is 5.77. The zero-order valence-corrected chi connectivity index (χ0v) is 11.6. The first-order chi connectivity index (χ1) is 9.09. The first-order valence-electron chi connectivity index (χ1n) is 5.79. The maximum Gasteiger partial charge on any atom is 0.416 e. The Kier molecular flexibility index (Phi) is 3.56. The maximum absolute atomic E-state index is 12.8. The Bertz CT molecular complexity index is 627. The van der Waals surface area contributed by atoms with Gasteiger partial charge in [0.2, 0.25) is 0 Å². The van der Waals surface area contributed by atoms with Gasteiger partial charge in [0, 0.05) is 10.7 Å². The smallest absolute Gasteiger partial charge is 0.321 e. The van der Waals surface area contributed by atoms with Gasteiger partial charge in [0.1, 0.15) is 0 Å². The van der Waals surface area contributed by atoms with Crippen LogP contribution in [-0.2, 0) is 11.7 Å². The first kappa shape index (κ1) is 14.9. The molecule has 20 heavy (non-hydrogen) atoms. The molecule has 0 aliphatic heterocycles. The number of alkyl halides is 3. The van der Waals surface area contributed by atoms with Crippen molar-refractivity contribution in [3.8, 4) is 5.69 Å². The Hall–Kier alpha value is -1.53. The Morgan fingerprint density at radius 3 is 2.40 bits per heavy atom. The van der Waals surface area contributed by atoms with Crippen molar-refractivity contribution in [1.29, 1.82) is 0 Å².